The van der Waals surface area contributed by atoms with Gasteiger partial charge in [0.25, 0.3) is 0 Å². The molecule has 0 saturated heterocycles. The number of imidazole rings is 1. The lowest BCUT2D eigenvalue weighted by molar-refractivity contribution is 0.1000. The zero-order valence-corrected chi connectivity index (χ0v) is 25.2. The molecule has 7 nitrogen and oxygen atoms in total. The fourth-order valence-electron chi connectivity index (χ4n) is 4.57. The highest BCUT2D eigenvalue weighted by atomic mass is 35.5. The highest BCUT2D eigenvalue weighted by Crippen LogP contribution is 2.39. The lowest BCUT2D eigenvalue weighted by atomic mass is 9.81. The molecule has 1 aliphatic heterocycles. The van der Waals surface area contributed by atoms with Crippen LogP contribution < -0.4 is 4.74 Å². The molecule has 0 spiro atoms. The Morgan fingerprint density at radius 1 is 1.07 bits per heavy atom. The first kappa shape index (κ1) is 29.9. The van der Waals surface area contributed by atoms with Crippen LogP contribution in [-0.2, 0) is 11.2 Å². The van der Waals surface area contributed by atoms with Gasteiger partial charge in [0.05, 0.1) is 36.2 Å². The first-order valence-electron chi connectivity index (χ1n) is 12.8. The van der Waals surface area contributed by atoms with E-state index in [4.69, 9.17) is 27.9 Å². The van der Waals surface area contributed by atoms with Crippen LogP contribution in [0.5, 0.6) is 5.75 Å². The van der Waals surface area contributed by atoms with Gasteiger partial charge in [0.15, 0.2) is 10.9 Å². The Bertz CT molecular complexity index is 1700. The van der Waals surface area contributed by atoms with E-state index >= 15 is 4.39 Å². The van der Waals surface area contributed by atoms with Crippen LogP contribution in [0.25, 0.3) is 5.69 Å². The lowest BCUT2D eigenvalue weighted by Crippen LogP contribution is -2.23. The minimum absolute atomic E-state index is 0.00989. The molecule has 0 saturated carbocycles. The van der Waals surface area contributed by atoms with Crippen LogP contribution in [0.15, 0.2) is 81.4 Å². The third-order valence-electron chi connectivity index (χ3n) is 7.00. The van der Waals surface area contributed by atoms with Crippen LogP contribution in [-0.4, -0.2) is 34.7 Å². The molecule has 0 amide bonds. The monoisotopic (exact) mass is 627 g/mol. The Morgan fingerprint density at radius 2 is 1.83 bits per heavy atom. The predicted octanol–water partition coefficient (Wildman–Crippen LogP) is 8.48. The molecule has 1 aliphatic rings. The molecular weight excluding hydrogens is 603 g/mol. The maximum atomic E-state index is 15.3. The molecule has 0 aliphatic carbocycles. The average Bonchev–Trinajstić information content (AvgIpc) is 3.63. The minimum Gasteiger partial charge on any atom is -0.495 e. The fourth-order valence-corrected chi connectivity index (χ4v) is 6.15. The van der Waals surface area contributed by atoms with Gasteiger partial charge < -0.3 is 4.74 Å². The van der Waals surface area contributed by atoms with Crippen molar-refractivity contribution >= 4 is 46.5 Å². The second-order valence-electron chi connectivity index (χ2n) is 10.1. The first-order chi connectivity index (χ1) is 20.1. The van der Waals surface area contributed by atoms with E-state index in [1.54, 1.807) is 31.5 Å². The van der Waals surface area contributed by atoms with E-state index in [0.717, 1.165) is 11.3 Å². The number of aromatic nitrogens is 2. The van der Waals surface area contributed by atoms with Gasteiger partial charge in [-0.15, -0.1) is 5.10 Å². The summed E-state index contributed by atoms with van der Waals surface area (Å²) in [5, 5.41) is 12.2. The van der Waals surface area contributed by atoms with Gasteiger partial charge in [-0.3, -0.25) is 9.36 Å². The zero-order valence-electron chi connectivity index (χ0n) is 22.9. The number of carbonyl (C=O) groups excluding carboxylic acids is 1. The van der Waals surface area contributed by atoms with Crippen LogP contribution in [0, 0.1) is 11.6 Å². The van der Waals surface area contributed by atoms with Crippen LogP contribution in [0.3, 0.4) is 0 Å². The van der Waals surface area contributed by atoms with Crippen molar-refractivity contribution in [3.8, 4) is 11.4 Å². The molecule has 4 aromatic rings. The van der Waals surface area contributed by atoms with Crippen LogP contribution in [0.2, 0.25) is 10.0 Å². The number of ether oxygens (including phenoxy) is 1. The number of carbonyl (C=O) groups is 1. The Labute approximate surface area is 255 Å². The van der Waals surface area contributed by atoms with Gasteiger partial charge in [-0.1, -0.05) is 54.9 Å². The molecule has 0 fully saturated rings. The summed E-state index contributed by atoms with van der Waals surface area (Å²) in [7, 11) is 1.55. The zero-order chi connectivity index (χ0) is 30.0. The molecule has 0 bridgehead atoms. The Kier molecular flexibility index (Phi) is 8.77. The van der Waals surface area contributed by atoms with E-state index in [-0.39, 0.29) is 46.5 Å². The predicted molar refractivity (Wildman–Crippen MR) is 161 cm³/mol. The number of rotatable bonds is 10. The maximum Gasteiger partial charge on any atom is 0.173 e. The smallest absolute Gasteiger partial charge is 0.173 e. The quantitative estimate of drug-likeness (QED) is 0.130. The number of hydrogen-bond acceptors (Lipinski definition) is 7. The van der Waals surface area contributed by atoms with E-state index in [2.05, 4.69) is 20.4 Å². The third-order valence-corrected chi connectivity index (χ3v) is 8.63. The lowest BCUT2D eigenvalue weighted by Gasteiger charge is -2.28. The number of Topliss-reactive ketones (excluding diaryl/α,β-unsaturated/α-hetero) is 1. The third kappa shape index (κ3) is 6.11. The Morgan fingerprint density at radius 3 is 2.50 bits per heavy atom. The summed E-state index contributed by atoms with van der Waals surface area (Å²) < 4.78 is 36.5. The molecule has 0 unspecified atom stereocenters. The van der Waals surface area contributed by atoms with Crippen molar-refractivity contribution < 1.29 is 18.3 Å². The number of thioether (sulfide) groups is 1. The van der Waals surface area contributed by atoms with Gasteiger partial charge in [-0.2, -0.15) is 5.11 Å². The van der Waals surface area contributed by atoms with Gasteiger partial charge in [0.2, 0.25) is 0 Å². The van der Waals surface area contributed by atoms with E-state index in [1.807, 2.05) is 30.5 Å². The van der Waals surface area contributed by atoms with Crippen molar-refractivity contribution in [2.75, 3.05) is 13.7 Å². The van der Waals surface area contributed by atoms with Gasteiger partial charge in [-0.05, 0) is 59.3 Å². The molecule has 1 aromatic heterocycles. The largest absolute Gasteiger partial charge is 0.495 e. The van der Waals surface area contributed by atoms with Gasteiger partial charge in [-0.25, -0.2) is 13.8 Å². The maximum absolute atomic E-state index is 15.3. The number of methoxy groups -OCH3 is 1. The molecule has 12 heteroatoms. The Hall–Kier alpha value is -3.60. The van der Waals surface area contributed by atoms with Crippen molar-refractivity contribution in [1.82, 2.24) is 9.55 Å². The second-order valence-corrected chi connectivity index (χ2v) is 11.8. The summed E-state index contributed by atoms with van der Waals surface area (Å²) in [6.07, 6.45) is 1.74. The molecule has 0 atom stereocenters. The fraction of sp³-hybridized carbons (Fsp3) is 0.233. The van der Waals surface area contributed by atoms with Gasteiger partial charge in [0.1, 0.15) is 23.9 Å². The molecule has 2 heterocycles. The molecule has 42 heavy (non-hydrogen) atoms. The summed E-state index contributed by atoms with van der Waals surface area (Å²) in [6, 6.07) is 14.3. The van der Waals surface area contributed by atoms with Crippen molar-refractivity contribution in [3.63, 3.8) is 0 Å². The number of hydrogen-bond donors (Lipinski definition) is 0. The second kappa shape index (κ2) is 12.3. The number of halogens is 4. The number of nitrogens with zero attached hydrogens (tertiary/aromatic N) is 5. The molecule has 0 N–H and O–H groups in total. The SMILES string of the molecule is COc1cc(C(C)(C)c2cnc(SCc3c(F)cc(C(=O)CC4=NN=NC4)cc3Cl)n2-c2ccc(F)cc2)ccc1Cl. The normalized spacial score (nSPS) is 13.0. The van der Waals surface area contributed by atoms with Crippen LogP contribution >= 0.6 is 35.0 Å². The van der Waals surface area contributed by atoms with Crippen molar-refractivity contribution in [1.29, 1.82) is 0 Å². The molecule has 0 radical (unpaired) electrons. The number of benzene rings is 3. The number of ketones is 1. The average molecular weight is 629 g/mol. The minimum atomic E-state index is -0.602. The highest BCUT2D eigenvalue weighted by molar-refractivity contribution is 7.98. The van der Waals surface area contributed by atoms with Crippen molar-refractivity contribution in [2.24, 2.45) is 15.4 Å². The molecular formula is C30H25Cl2F2N5O2S. The summed E-state index contributed by atoms with van der Waals surface area (Å²) in [5.41, 5.74) is 2.72. The van der Waals surface area contributed by atoms with E-state index < -0.39 is 11.2 Å². The highest BCUT2D eigenvalue weighted by Gasteiger charge is 2.30. The standard InChI is InChI=1S/C30H25Cl2F2N5O2S/c1-30(2,18-4-9-23(31)27(12-18)41-3)28-15-35-29(39(28)21-7-5-19(33)6-8-21)42-16-22-24(32)10-17(11-25(22)34)26(40)13-20-14-36-38-37-20/h4-12,15H,13-14,16H2,1-3H3. The summed E-state index contributed by atoms with van der Waals surface area (Å²) >= 11 is 14.0. The van der Waals surface area contributed by atoms with Gasteiger partial charge >= 0.3 is 0 Å². The van der Waals surface area contributed by atoms with Crippen molar-refractivity contribution in [2.45, 2.75) is 36.6 Å². The summed E-state index contributed by atoms with van der Waals surface area (Å²) in [4.78, 5) is 17.3. The van der Waals surface area contributed by atoms with Gasteiger partial charge in [0, 0.05) is 33.0 Å². The molecule has 216 valence electrons. The van der Waals surface area contributed by atoms with Crippen LogP contribution in [0.4, 0.5) is 8.78 Å². The van der Waals surface area contributed by atoms with Crippen molar-refractivity contribution in [3.05, 3.63) is 105 Å². The first-order valence-corrected chi connectivity index (χ1v) is 14.6. The van der Waals surface area contributed by atoms with Crippen LogP contribution in [0.1, 0.15) is 47.4 Å². The van der Waals surface area contributed by atoms with E-state index in [9.17, 15) is 9.18 Å². The Balaban J connectivity index is 1.47. The molecule has 5 rings (SSSR count). The summed E-state index contributed by atoms with van der Waals surface area (Å²) in [5.74, 6) is -0.619. The van der Waals surface area contributed by atoms with E-state index in [0.29, 0.717) is 27.3 Å². The van der Waals surface area contributed by atoms with E-state index in [1.165, 1.54) is 36.0 Å². The summed E-state index contributed by atoms with van der Waals surface area (Å²) in [6.45, 7) is 4.32. The molecule has 3 aromatic carbocycles. The topological polar surface area (TPSA) is 81.2 Å².